The van der Waals surface area contributed by atoms with Gasteiger partial charge in [-0.1, -0.05) is 19.7 Å². The van der Waals surface area contributed by atoms with Crippen molar-refractivity contribution in [3.05, 3.63) is 72.9 Å². The van der Waals surface area contributed by atoms with Gasteiger partial charge >= 0.3 is 35.8 Å². The minimum Gasteiger partial charge on any atom is -0.386 e. The molecule has 1 aromatic carbocycles. The Kier molecular flexibility index (Phi) is 7.26. The molecule has 0 radical (unpaired) electrons. The van der Waals surface area contributed by atoms with Crippen molar-refractivity contribution in [1.82, 2.24) is 0 Å². The van der Waals surface area contributed by atoms with Gasteiger partial charge in [-0.2, -0.15) is 0 Å². The summed E-state index contributed by atoms with van der Waals surface area (Å²) in [4.78, 5) is 69.3. The van der Waals surface area contributed by atoms with Crippen LogP contribution in [0, 0.1) is 0 Å². The summed E-state index contributed by atoms with van der Waals surface area (Å²) in [6.07, 6.45) is 2.16. The second-order valence-electron chi connectivity index (χ2n) is 4.54. The van der Waals surface area contributed by atoms with E-state index in [1.165, 1.54) is 0 Å². The van der Waals surface area contributed by atoms with Gasteiger partial charge in [0.05, 0.1) is 16.7 Å². The fourth-order valence-electron chi connectivity index (χ4n) is 1.56. The Hall–Kier alpha value is -4.14. The van der Waals surface area contributed by atoms with Crippen molar-refractivity contribution in [2.24, 2.45) is 0 Å². The maximum atomic E-state index is 12.0. The normalized spacial score (nSPS) is 9.33. The van der Waals surface area contributed by atoms with E-state index in [1.54, 1.807) is 0 Å². The van der Waals surface area contributed by atoms with Crippen LogP contribution in [-0.2, 0) is 28.6 Å². The summed E-state index contributed by atoms with van der Waals surface area (Å²) in [5.74, 6) is -6.93. The van der Waals surface area contributed by atoms with Crippen LogP contribution in [0.2, 0.25) is 0 Å². The average Bonchev–Trinajstić information content (AvgIpc) is 2.66. The zero-order valence-electron chi connectivity index (χ0n) is 13.8. The third-order valence-electron chi connectivity index (χ3n) is 2.72. The van der Waals surface area contributed by atoms with Crippen molar-refractivity contribution in [3.8, 4) is 0 Å². The average molecular weight is 372 g/mol. The minimum absolute atomic E-state index is 0.427. The van der Waals surface area contributed by atoms with Gasteiger partial charge in [0.1, 0.15) is 0 Å². The van der Waals surface area contributed by atoms with Crippen LogP contribution in [0.15, 0.2) is 56.2 Å². The van der Waals surface area contributed by atoms with Crippen molar-refractivity contribution in [2.45, 2.75) is 0 Å². The van der Waals surface area contributed by atoms with Gasteiger partial charge in [-0.15, -0.1) is 0 Å². The number of hydrogen-bond donors (Lipinski definition) is 0. The van der Waals surface area contributed by atoms with E-state index in [9.17, 15) is 28.8 Å². The van der Waals surface area contributed by atoms with Crippen molar-refractivity contribution < 1.29 is 43.0 Å². The molecular weight excluding hydrogens is 360 g/mol. The first-order valence-electron chi connectivity index (χ1n) is 7.02. The summed E-state index contributed by atoms with van der Waals surface area (Å²) in [5, 5.41) is 0. The number of hydrogen-bond acceptors (Lipinski definition) is 9. The standard InChI is InChI=1S/C18H12O9/c1-4-13(19)25-16(22)10-7-11(17(23)26-14(20)5-2)9-12(8-10)18(24)27-15(21)6-3/h4-9H,1-3H2. The monoisotopic (exact) mass is 372 g/mol. The lowest BCUT2D eigenvalue weighted by Crippen LogP contribution is -2.17. The van der Waals surface area contributed by atoms with Crippen molar-refractivity contribution in [1.29, 1.82) is 0 Å². The van der Waals surface area contributed by atoms with E-state index in [-0.39, 0.29) is 0 Å². The van der Waals surface area contributed by atoms with Crippen molar-refractivity contribution >= 4 is 35.8 Å². The molecule has 0 saturated heterocycles. The second kappa shape index (κ2) is 9.37. The van der Waals surface area contributed by atoms with Gasteiger partial charge in [0.2, 0.25) is 0 Å². The molecule has 0 unspecified atom stereocenters. The zero-order valence-corrected chi connectivity index (χ0v) is 13.8. The van der Waals surface area contributed by atoms with Gasteiger partial charge in [0, 0.05) is 18.2 Å². The second-order valence-corrected chi connectivity index (χ2v) is 4.54. The molecule has 0 bridgehead atoms. The molecular formula is C18H12O9. The van der Waals surface area contributed by atoms with Crippen LogP contribution in [0.4, 0.5) is 0 Å². The predicted molar refractivity (Wildman–Crippen MR) is 88.3 cm³/mol. The third-order valence-corrected chi connectivity index (χ3v) is 2.72. The molecule has 0 aliphatic carbocycles. The largest absolute Gasteiger partial charge is 0.386 e. The van der Waals surface area contributed by atoms with Crippen LogP contribution >= 0.6 is 0 Å². The number of rotatable bonds is 6. The molecule has 0 atom stereocenters. The summed E-state index contributed by atoms with van der Waals surface area (Å²) in [6, 6.07) is 2.72. The summed E-state index contributed by atoms with van der Waals surface area (Å²) in [7, 11) is 0. The van der Waals surface area contributed by atoms with Crippen molar-refractivity contribution in [3.63, 3.8) is 0 Å². The Morgan fingerprint density at radius 3 is 0.963 bits per heavy atom. The Balaban J connectivity index is 3.34. The highest BCUT2D eigenvalue weighted by atomic mass is 16.6. The molecule has 0 amide bonds. The topological polar surface area (TPSA) is 130 Å². The highest BCUT2D eigenvalue weighted by Gasteiger charge is 2.21. The maximum absolute atomic E-state index is 12.0. The molecule has 9 heteroatoms. The molecule has 0 fully saturated rings. The van der Waals surface area contributed by atoms with Crippen molar-refractivity contribution in [2.75, 3.05) is 0 Å². The zero-order chi connectivity index (χ0) is 20.6. The van der Waals surface area contributed by atoms with E-state index in [1.807, 2.05) is 0 Å². The number of carbonyl (C=O) groups is 6. The summed E-state index contributed by atoms with van der Waals surface area (Å²) in [5.41, 5.74) is -1.28. The van der Waals surface area contributed by atoms with Crippen LogP contribution < -0.4 is 0 Å². The molecule has 0 aromatic heterocycles. The predicted octanol–water partition coefficient (Wildman–Crippen LogP) is 1.29. The Morgan fingerprint density at radius 2 is 0.778 bits per heavy atom. The molecule has 0 aliphatic rings. The molecule has 0 aliphatic heterocycles. The first-order valence-corrected chi connectivity index (χ1v) is 7.02. The van der Waals surface area contributed by atoms with Gasteiger partial charge in [-0.3, -0.25) is 0 Å². The first kappa shape index (κ1) is 20.9. The Morgan fingerprint density at radius 1 is 0.556 bits per heavy atom. The van der Waals surface area contributed by atoms with Gasteiger partial charge in [-0.05, 0) is 18.2 Å². The van der Waals surface area contributed by atoms with Crippen LogP contribution in [0.5, 0.6) is 0 Å². The first-order chi connectivity index (χ1) is 12.7. The number of carbonyl (C=O) groups excluding carboxylic acids is 6. The van der Waals surface area contributed by atoms with E-state index in [2.05, 4.69) is 33.9 Å². The molecule has 0 heterocycles. The number of benzene rings is 1. The SMILES string of the molecule is C=CC(=O)OC(=O)c1cc(C(=O)OC(=O)C=C)cc(C(=O)OC(=O)C=C)c1. The fourth-order valence-corrected chi connectivity index (χ4v) is 1.56. The third kappa shape index (κ3) is 6.02. The van der Waals surface area contributed by atoms with Gasteiger partial charge in [0.15, 0.2) is 0 Å². The minimum atomic E-state index is -1.23. The van der Waals surface area contributed by atoms with E-state index in [0.717, 1.165) is 36.4 Å². The number of esters is 6. The quantitative estimate of drug-likeness (QED) is 0.314. The lowest BCUT2D eigenvalue weighted by molar-refractivity contribution is -0.133. The molecule has 0 saturated carbocycles. The number of ether oxygens (including phenoxy) is 3. The molecule has 27 heavy (non-hydrogen) atoms. The van der Waals surface area contributed by atoms with Crippen LogP contribution in [0.1, 0.15) is 31.1 Å². The molecule has 0 spiro atoms. The Labute approximate surface area is 152 Å². The summed E-state index contributed by atoms with van der Waals surface area (Å²) in [6.45, 7) is 9.34. The summed E-state index contributed by atoms with van der Waals surface area (Å²) >= 11 is 0. The van der Waals surface area contributed by atoms with Crippen LogP contribution in [0.3, 0.4) is 0 Å². The lowest BCUT2D eigenvalue weighted by Gasteiger charge is -2.07. The molecule has 9 nitrogen and oxygen atoms in total. The van der Waals surface area contributed by atoms with Crippen LogP contribution in [-0.4, -0.2) is 35.8 Å². The van der Waals surface area contributed by atoms with E-state index in [0.29, 0.717) is 0 Å². The van der Waals surface area contributed by atoms with E-state index < -0.39 is 52.5 Å². The van der Waals surface area contributed by atoms with Gasteiger partial charge < -0.3 is 14.2 Å². The van der Waals surface area contributed by atoms with Crippen LogP contribution in [0.25, 0.3) is 0 Å². The van der Waals surface area contributed by atoms with Gasteiger partial charge in [0.25, 0.3) is 0 Å². The van der Waals surface area contributed by atoms with E-state index >= 15 is 0 Å². The fraction of sp³-hybridized carbons (Fsp3) is 0. The smallest absolute Gasteiger partial charge is 0.346 e. The molecule has 1 aromatic rings. The lowest BCUT2D eigenvalue weighted by atomic mass is 10.1. The highest BCUT2D eigenvalue weighted by Crippen LogP contribution is 2.15. The molecule has 0 N–H and O–H groups in total. The van der Waals surface area contributed by atoms with E-state index in [4.69, 9.17) is 0 Å². The highest BCUT2D eigenvalue weighted by molar-refractivity contribution is 6.07. The summed E-state index contributed by atoms with van der Waals surface area (Å²) < 4.78 is 13.2. The van der Waals surface area contributed by atoms with Gasteiger partial charge in [-0.25, -0.2) is 28.8 Å². The molecule has 1 rings (SSSR count). The Bertz CT molecular complexity index is 750. The molecule has 138 valence electrons. The maximum Gasteiger partial charge on any atom is 0.346 e.